The number of ether oxygens (including phenoxy) is 2. The van der Waals surface area contributed by atoms with Gasteiger partial charge in [-0.05, 0) is 32.0 Å². The molecule has 2 aliphatic rings. The fourth-order valence-corrected chi connectivity index (χ4v) is 3.53. The molecule has 0 unspecified atom stereocenters. The normalized spacial score (nSPS) is 17.2. The van der Waals surface area contributed by atoms with Gasteiger partial charge in [-0.1, -0.05) is 12.1 Å². The van der Waals surface area contributed by atoms with Gasteiger partial charge in [0.05, 0.1) is 23.4 Å². The first-order valence-electron chi connectivity index (χ1n) is 9.19. The van der Waals surface area contributed by atoms with Gasteiger partial charge in [-0.2, -0.15) is 0 Å². The SMILES string of the molecule is CCOc1cc2c(cc1NC(=O)CN1C(=O)c3ccccc3C1=O)O[C@@H](C)C2. The molecule has 4 rings (SSSR count). The average Bonchev–Trinajstić information content (AvgIpc) is 3.14. The number of imide groups is 1. The van der Waals surface area contributed by atoms with Crippen LogP contribution in [-0.2, 0) is 11.2 Å². The van der Waals surface area contributed by atoms with Crippen LogP contribution in [0, 0.1) is 0 Å². The van der Waals surface area contributed by atoms with Crippen LogP contribution in [0.1, 0.15) is 40.1 Å². The molecule has 2 aromatic rings. The number of nitrogens with one attached hydrogen (secondary N) is 1. The van der Waals surface area contributed by atoms with Crippen LogP contribution >= 0.6 is 0 Å². The molecule has 0 saturated carbocycles. The zero-order chi connectivity index (χ0) is 19.8. The van der Waals surface area contributed by atoms with Crippen LogP contribution in [0.3, 0.4) is 0 Å². The van der Waals surface area contributed by atoms with Gasteiger partial charge in [0.15, 0.2) is 0 Å². The van der Waals surface area contributed by atoms with Crippen molar-refractivity contribution in [2.24, 2.45) is 0 Å². The van der Waals surface area contributed by atoms with E-state index < -0.39 is 17.7 Å². The van der Waals surface area contributed by atoms with Gasteiger partial charge in [0, 0.05) is 18.1 Å². The van der Waals surface area contributed by atoms with Crippen molar-refractivity contribution in [1.29, 1.82) is 0 Å². The molecule has 0 fully saturated rings. The third-order valence-electron chi connectivity index (χ3n) is 4.75. The van der Waals surface area contributed by atoms with E-state index in [4.69, 9.17) is 9.47 Å². The van der Waals surface area contributed by atoms with E-state index in [1.807, 2.05) is 19.9 Å². The summed E-state index contributed by atoms with van der Waals surface area (Å²) in [5, 5.41) is 2.74. The second kappa shape index (κ2) is 6.99. The fraction of sp³-hybridized carbons (Fsp3) is 0.286. The Morgan fingerprint density at radius 3 is 2.54 bits per heavy atom. The maximum absolute atomic E-state index is 12.6. The summed E-state index contributed by atoms with van der Waals surface area (Å²) in [6.45, 7) is 3.90. The summed E-state index contributed by atoms with van der Waals surface area (Å²) in [7, 11) is 0. The molecule has 28 heavy (non-hydrogen) atoms. The minimum absolute atomic E-state index is 0.0637. The lowest BCUT2D eigenvalue weighted by Gasteiger charge is -2.16. The van der Waals surface area contributed by atoms with E-state index in [-0.39, 0.29) is 12.6 Å². The highest BCUT2D eigenvalue weighted by Crippen LogP contribution is 2.38. The molecule has 0 radical (unpaired) electrons. The van der Waals surface area contributed by atoms with Crippen LogP contribution in [-0.4, -0.2) is 41.9 Å². The molecule has 3 amide bonds. The molecule has 0 aliphatic carbocycles. The maximum atomic E-state index is 12.6. The van der Waals surface area contributed by atoms with Crippen molar-refractivity contribution in [1.82, 2.24) is 4.90 Å². The molecule has 2 aromatic carbocycles. The van der Waals surface area contributed by atoms with E-state index in [0.29, 0.717) is 34.9 Å². The van der Waals surface area contributed by atoms with Crippen molar-refractivity contribution in [3.05, 3.63) is 53.1 Å². The van der Waals surface area contributed by atoms with Gasteiger partial charge < -0.3 is 14.8 Å². The highest BCUT2D eigenvalue weighted by atomic mass is 16.5. The van der Waals surface area contributed by atoms with Gasteiger partial charge in [0.2, 0.25) is 5.91 Å². The van der Waals surface area contributed by atoms with Crippen molar-refractivity contribution >= 4 is 23.4 Å². The zero-order valence-electron chi connectivity index (χ0n) is 15.7. The predicted octanol–water partition coefficient (Wildman–Crippen LogP) is 2.64. The fourth-order valence-electron chi connectivity index (χ4n) is 3.53. The maximum Gasteiger partial charge on any atom is 0.262 e. The molecule has 7 nitrogen and oxygen atoms in total. The van der Waals surface area contributed by atoms with E-state index in [0.717, 1.165) is 16.9 Å². The molecule has 2 aliphatic heterocycles. The highest BCUT2D eigenvalue weighted by molar-refractivity contribution is 6.22. The Morgan fingerprint density at radius 1 is 1.21 bits per heavy atom. The van der Waals surface area contributed by atoms with Crippen LogP contribution < -0.4 is 14.8 Å². The number of hydrogen-bond acceptors (Lipinski definition) is 5. The second-order valence-corrected chi connectivity index (χ2v) is 6.81. The molecule has 1 atom stereocenters. The van der Waals surface area contributed by atoms with Gasteiger partial charge in [0.25, 0.3) is 11.8 Å². The summed E-state index contributed by atoms with van der Waals surface area (Å²) < 4.78 is 11.4. The summed E-state index contributed by atoms with van der Waals surface area (Å²) >= 11 is 0. The van der Waals surface area contributed by atoms with Gasteiger partial charge in [0.1, 0.15) is 24.1 Å². The topological polar surface area (TPSA) is 84.9 Å². The summed E-state index contributed by atoms with van der Waals surface area (Å²) in [6.07, 6.45) is 0.840. The minimum Gasteiger partial charge on any atom is -0.492 e. The minimum atomic E-state index is -0.485. The van der Waals surface area contributed by atoms with Crippen LogP contribution in [0.4, 0.5) is 5.69 Å². The van der Waals surface area contributed by atoms with Crippen LogP contribution in [0.2, 0.25) is 0 Å². The van der Waals surface area contributed by atoms with Crippen LogP contribution in [0.5, 0.6) is 11.5 Å². The molecular formula is C21H20N2O5. The largest absolute Gasteiger partial charge is 0.492 e. The number of anilines is 1. The molecule has 0 spiro atoms. The molecule has 0 aromatic heterocycles. The first kappa shape index (κ1) is 18.0. The molecule has 0 bridgehead atoms. The van der Waals surface area contributed by atoms with Crippen molar-refractivity contribution in [3.63, 3.8) is 0 Å². The van der Waals surface area contributed by atoms with E-state index in [9.17, 15) is 14.4 Å². The Kier molecular flexibility index (Phi) is 4.50. The zero-order valence-corrected chi connectivity index (χ0v) is 15.7. The highest BCUT2D eigenvalue weighted by Gasteiger charge is 2.36. The van der Waals surface area contributed by atoms with Crippen molar-refractivity contribution in [2.75, 3.05) is 18.5 Å². The van der Waals surface area contributed by atoms with Crippen LogP contribution in [0.15, 0.2) is 36.4 Å². The standard InChI is InChI=1S/C21H20N2O5/c1-3-27-18-9-13-8-12(2)28-17(13)10-16(18)22-19(24)11-23-20(25)14-6-4-5-7-15(14)21(23)26/h4-7,9-10,12H,3,8,11H2,1-2H3,(H,22,24)/t12-/m0/s1. The van der Waals surface area contributed by atoms with Crippen molar-refractivity contribution < 1.29 is 23.9 Å². The number of fused-ring (bicyclic) bond motifs is 2. The Hall–Kier alpha value is -3.35. The number of nitrogens with zero attached hydrogens (tertiary/aromatic N) is 1. The number of rotatable bonds is 5. The van der Waals surface area contributed by atoms with Crippen LogP contribution in [0.25, 0.3) is 0 Å². The summed E-state index contributed by atoms with van der Waals surface area (Å²) in [4.78, 5) is 38.4. The molecule has 7 heteroatoms. The first-order chi connectivity index (χ1) is 13.5. The third kappa shape index (κ3) is 3.09. The lowest BCUT2D eigenvalue weighted by molar-refractivity contribution is -0.116. The van der Waals surface area contributed by atoms with Gasteiger partial charge in [-0.15, -0.1) is 0 Å². The average molecular weight is 380 g/mol. The Labute approximate surface area is 162 Å². The number of amides is 3. The first-order valence-corrected chi connectivity index (χ1v) is 9.19. The van der Waals surface area contributed by atoms with Gasteiger partial charge in [-0.3, -0.25) is 19.3 Å². The second-order valence-electron chi connectivity index (χ2n) is 6.81. The smallest absolute Gasteiger partial charge is 0.262 e. The number of hydrogen-bond donors (Lipinski definition) is 1. The van der Waals surface area contributed by atoms with Crippen molar-refractivity contribution in [2.45, 2.75) is 26.4 Å². The lowest BCUT2D eigenvalue weighted by Crippen LogP contribution is -2.37. The Bertz CT molecular complexity index is 950. The van der Waals surface area contributed by atoms with E-state index in [2.05, 4.69) is 5.32 Å². The monoisotopic (exact) mass is 380 g/mol. The Morgan fingerprint density at radius 2 is 1.89 bits per heavy atom. The van der Waals surface area contributed by atoms with Gasteiger partial charge >= 0.3 is 0 Å². The Balaban J connectivity index is 1.53. The van der Waals surface area contributed by atoms with Crippen molar-refractivity contribution in [3.8, 4) is 11.5 Å². The van der Waals surface area contributed by atoms with E-state index >= 15 is 0 Å². The summed E-state index contributed by atoms with van der Waals surface area (Å²) in [5.74, 6) is -0.179. The quantitative estimate of drug-likeness (QED) is 0.806. The number of benzene rings is 2. The van der Waals surface area contributed by atoms with Gasteiger partial charge in [-0.25, -0.2) is 0 Å². The molecule has 1 N–H and O–H groups in total. The van der Waals surface area contributed by atoms with E-state index in [1.165, 1.54) is 0 Å². The number of carbonyl (C=O) groups excluding carboxylic acids is 3. The molecule has 0 saturated heterocycles. The number of carbonyl (C=O) groups is 3. The summed E-state index contributed by atoms with van der Waals surface area (Å²) in [6, 6.07) is 10.1. The lowest BCUT2D eigenvalue weighted by atomic mass is 10.1. The molecule has 2 heterocycles. The summed E-state index contributed by atoms with van der Waals surface area (Å²) in [5.41, 5.74) is 2.11. The predicted molar refractivity (Wildman–Crippen MR) is 102 cm³/mol. The molecular weight excluding hydrogens is 360 g/mol. The molecule has 144 valence electrons. The van der Waals surface area contributed by atoms with E-state index in [1.54, 1.807) is 30.3 Å². The third-order valence-corrected chi connectivity index (χ3v) is 4.75.